The third-order valence-corrected chi connectivity index (χ3v) is 5.16. The van der Waals surface area contributed by atoms with Gasteiger partial charge in [-0.05, 0) is 37.1 Å². The number of likely N-dealkylation sites (tertiary alicyclic amines) is 2. The van der Waals surface area contributed by atoms with Crippen LogP contribution in [-0.4, -0.2) is 62.0 Å². The number of methoxy groups -OCH3 is 1. The maximum atomic E-state index is 12.7. The van der Waals surface area contributed by atoms with Gasteiger partial charge in [-0.15, -0.1) is 13.2 Å². The molecule has 0 saturated carbocycles. The molecular weight excluding hydrogens is 349 g/mol. The predicted octanol–water partition coefficient (Wildman–Crippen LogP) is 2.66. The number of carbonyl (C=O) groups is 1. The molecular formula is C18H23F3N2O3. The largest absolute Gasteiger partial charge is 0.573 e. The lowest BCUT2D eigenvalue weighted by molar-refractivity contribution is -0.274. The Balaban J connectivity index is 1.56. The van der Waals surface area contributed by atoms with E-state index in [0.29, 0.717) is 26.2 Å². The Morgan fingerprint density at radius 3 is 2.50 bits per heavy atom. The van der Waals surface area contributed by atoms with Crippen molar-refractivity contribution in [3.63, 3.8) is 0 Å². The number of benzene rings is 1. The first-order chi connectivity index (χ1) is 12.3. The number of alkyl halides is 3. The molecule has 3 rings (SSSR count). The summed E-state index contributed by atoms with van der Waals surface area (Å²) in [6.45, 7) is 4.04. The molecule has 1 aromatic carbocycles. The van der Waals surface area contributed by atoms with Gasteiger partial charge in [-0.1, -0.05) is 12.1 Å². The molecule has 1 spiro atoms. The van der Waals surface area contributed by atoms with Crippen LogP contribution in [-0.2, 0) is 16.1 Å². The van der Waals surface area contributed by atoms with Gasteiger partial charge in [0, 0.05) is 33.3 Å². The zero-order chi connectivity index (χ0) is 18.8. The normalized spacial score (nSPS) is 24.0. The molecule has 0 radical (unpaired) electrons. The van der Waals surface area contributed by atoms with Gasteiger partial charge in [0.15, 0.2) is 0 Å². The van der Waals surface area contributed by atoms with Crippen molar-refractivity contribution >= 4 is 5.91 Å². The summed E-state index contributed by atoms with van der Waals surface area (Å²) in [4.78, 5) is 16.8. The SMILES string of the molecule is COCCN1CCC2(CCN(Cc3ccc(OC(F)(F)F)cc3)C2)C1=O. The fourth-order valence-corrected chi connectivity index (χ4v) is 3.83. The average Bonchev–Trinajstić information content (AvgIpc) is 3.12. The van der Waals surface area contributed by atoms with Crippen molar-refractivity contribution in [3.8, 4) is 5.75 Å². The van der Waals surface area contributed by atoms with E-state index in [-0.39, 0.29) is 17.1 Å². The Kier molecular flexibility index (Phi) is 5.43. The molecule has 2 fully saturated rings. The maximum Gasteiger partial charge on any atom is 0.573 e. The van der Waals surface area contributed by atoms with E-state index in [4.69, 9.17) is 4.74 Å². The first kappa shape index (κ1) is 19.0. The summed E-state index contributed by atoms with van der Waals surface area (Å²) >= 11 is 0. The van der Waals surface area contributed by atoms with Gasteiger partial charge in [0.1, 0.15) is 5.75 Å². The van der Waals surface area contributed by atoms with E-state index in [1.54, 1.807) is 19.2 Å². The van der Waals surface area contributed by atoms with Crippen LogP contribution in [0.4, 0.5) is 13.2 Å². The monoisotopic (exact) mass is 372 g/mol. The molecule has 1 aromatic rings. The second-order valence-corrected chi connectivity index (χ2v) is 6.97. The van der Waals surface area contributed by atoms with Crippen LogP contribution < -0.4 is 4.74 Å². The molecule has 1 unspecified atom stereocenters. The van der Waals surface area contributed by atoms with Gasteiger partial charge in [0.25, 0.3) is 0 Å². The molecule has 0 aliphatic carbocycles. The molecule has 2 aliphatic rings. The van der Waals surface area contributed by atoms with E-state index in [2.05, 4.69) is 9.64 Å². The van der Waals surface area contributed by atoms with Gasteiger partial charge >= 0.3 is 6.36 Å². The third kappa shape index (κ3) is 4.29. The number of rotatable bonds is 6. The molecule has 26 heavy (non-hydrogen) atoms. The van der Waals surface area contributed by atoms with Crippen molar-refractivity contribution < 1.29 is 27.4 Å². The molecule has 2 heterocycles. The van der Waals surface area contributed by atoms with E-state index in [9.17, 15) is 18.0 Å². The molecule has 5 nitrogen and oxygen atoms in total. The fourth-order valence-electron chi connectivity index (χ4n) is 3.83. The highest BCUT2D eigenvalue weighted by Gasteiger charge is 2.50. The molecule has 2 saturated heterocycles. The summed E-state index contributed by atoms with van der Waals surface area (Å²) in [6, 6.07) is 5.91. The van der Waals surface area contributed by atoms with E-state index in [1.807, 2.05) is 4.90 Å². The predicted molar refractivity (Wildman–Crippen MR) is 88.5 cm³/mol. The highest BCUT2D eigenvalue weighted by Crippen LogP contribution is 2.41. The number of halogens is 3. The van der Waals surface area contributed by atoms with E-state index in [1.165, 1.54) is 12.1 Å². The van der Waals surface area contributed by atoms with Crippen LogP contribution in [0.25, 0.3) is 0 Å². The summed E-state index contributed by atoms with van der Waals surface area (Å²) in [5.74, 6) is -0.0233. The van der Waals surface area contributed by atoms with Gasteiger partial charge in [0.05, 0.1) is 12.0 Å². The van der Waals surface area contributed by atoms with Crippen LogP contribution in [0.15, 0.2) is 24.3 Å². The van der Waals surface area contributed by atoms with Crippen LogP contribution >= 0.6 is 0 Å². The standard InChI is InChI=1S/C18H23F3N2O3/c1-25-11-10-23-9-7-17(16(23)24)6-8-22(13-17)12-14-2-4-15(5-3-14)26-18(19,20)21/h2-5H,6-13H2,1H3. The molecule has 8 heteroatoms. The Bertz CT molecular complexity index is 636. The number of hydrogen-bond donors (Lipinski definition) is 0. The highest BCUT2D eigenvalue weighted by atomic mass is 19.4. The number of nitrogens with zero attached hydrogens (tertiary/aromatic N) is 2. The van der Waals surface area contributed by atoms with Crippen molar-refractivity contribution in [1.29, 1.82) is 0 Å². The Labute approximate surface area is 150 Å². The Hall–Kier alpha value is -1.80. The Morgan fingerprint density at radius 2 is 1.85 bits per heavy atom. The lowest BCUT2D eigenvalue weighted by atomic mass is 9.85. The Morgan fingerprint density at radius 1 is 1.15 bits per heavy atom. The molecule has 0 aromatic heterocycles. The third-order valence-electron chi connectivity index (χ3n) is 5.16. The topological polar surface area (TPSA) is 42.0 Å². The lowest BCUT2D eigenvalue weighted by Gasteiger charge is -2.23. The summed E-state index contributed by atoms with van der Waals surface area (Å²) in [6.07, 6.45) is -3.00. The lowest BCUT2D eigenvalue weighted by Crippen LogP contribution is -2.38. The summed E-state index contributed by atoms with van der Waals surface area (Å²) < 4.78 is 45.6. The molecule has 1 atom stereocenters. The average molecular weight is 372 g/mol. The van der Waals surface area contributed by atoms with Crippen LogP contribution in [0.5, 0.6) is 5.75 Å². The quantitative estimate of drug-likeness (QED) is 0.770. The molecule has 0 bridgehead atoms. The minimum Gasteiger partial charge on any atom is -0.406 e. The molecule has 1 amide bonds. The maximum absolute atomic E-state index is 12.7. The van der Waals surface area contributed by atoms with Gasteiger partial charge < -0.3 is 14.4 Å². The summed E-state index contributed by atoms with van der Waals surface area (Å²) in [7, 11) is 1.62. The molecule has 0 N–H and O–H groups in total. The number of ether oxygens (including phenoxy) is 2. The zero-order valence-corrected chi connectivity index (χ0v) is 14.7. The number of carbonyl (C=O) groups excluding carboxylic acids is 1. The van der Waals surface area contributed by atoms with Gasteiger partial charge in [-0.3, -0.25) is 9.69 Å². The van der Waals surface area contributed by atoms with E-state index >= 15 is 0 Å². The molecule has 144 valence electrons. The van der Waals surface area contributed by atoms with Crippen LogP contribution in [0, 0.1) is 5.41 Å². The van der Waals surface area contributed by atoms with Crippen molar-refractivity contribution in [2.45, 2.75) is 25.7 Å². The van der Waals surface area contributed by atoms with Crippen LogP contribution in [0.1, 0.15) is 18.4 Å². The van der Waals surface area contributed by atoms with E-state index < -0.39 is 6.36 Å². The minimum atomic E-state index is -4.68. The van der Waals surface area contributed by atoms with Crippen LogP contribution in [0.2, 0.25) is 0 Å². The fraction of sp³-hybridized carbons (Fsp3) is 0.611. The van der Waals surface area contributed by atoms with Gasteiger partial charge in [0.2, 0.25) is 5.91 Å². The van der Waals surface area contributed by atoms with Gasteiger partial charge in [-0.25, -0.2) is 0 Å². The van der Waals surface area contributed by atoms with Crippen molar-refractivity contribution in [3.05, 3.63) is 29.8 Å². The van der Waals surface area contributed by atoms with Gasteiger partial charge in [-0.2, -0.15) is 0 Å². The first-order valence-electron chi connectivity index (χ1n) is 8.67. The summed E-state index contributed by atoms with van der Waals surface area (Å²) in [5.41, 5.74) is 0.589. The summed E-state index contributed by atoms with van der Waals surface area (Å²) in [5, 5.41) is 0. The second-order valence-electron chi connectivity index (χ2n) is 6.97. The van der Waals surface area contributed by atoms with Crippen LogP contribution in [0.3, 0.4) is 0 Å². The first-order valence-corrected chi connectivity index (χ1v) is 8.67. The van der Waals surface area contributed by atoms with Crippen molar-refractivity contribution in [1.82, 2.24) is 9.80 Å². The second kappa shape index (κ2) is 7.44. The zero-order valence-electron chi connectivity index (χ0n) is 14.7. The van der Waals surface area contributed by atoms with Crippen molar-refractivity contribution in [2.24, 2.45) is 5.41 Å². The van der Waals surface area contributed by atoms with Crippen molar-refractivity contribution in [2.75, 3.05) is 39.9 Å². The van der Waals surface area contributed by atoms with E-state index in [0.717, 1.165) is 31.5 Å². The number of amides is 1. The minimum absolute atomic E-state index is 0.200. The number of hydrogen-bond acceptors (Lipinski definition) is 4. The molecule has 2 aliphatic heterocycles. The highest BCUT2D eigenvalue weighted by molar-refractivity contribution is 5.85. The smallest absolute Gasteiger partial charge is 0.406 e.